The molecule has 1 fully saturated rings. The number of aromatic nitrogens is 3. The van der Waals surface area contributed by atoms with Crippen LogP contribution in [0.3, 0.4) is 0 Å². The fraction of sp³-hybridized carbons (Fsp3) is 0.400. The van der Waals surface area contributed by atoms with Crippen LogP contribution in [0.15, 0.2) is 12.4 Å². The van der Waals surface area contributed by atoms with Crippen molar-refractivity contribution in [1.82, 2.24) is 14.8 Å². The second kappa shape index (κ2) is 3.06. The molecule has 1 saturated carbocycles. The summed E-state index contributed by atoms with van der Waals surface area (Å²) in [7, 11) is 0. The molecular formula is C10H12N4S. The molecule has 3 rings (SSSR count). The number of nitrogens with zero attached hydrogens (tertiary/aromatic N) is 3. The van der Waals surface area contributed by atoms with Crippen LogP contribution in [0, 0.1) is 6.92 Å². The van der Waals surface area contributed by atoms with Crippen molar-refractivity contribution in [3.8, 4) is 10.7 Å². The Hall–Kier alpha value is -1.36. The predicted molar refractivity (Wildman–Crippen MR) is 60.8 cm³/mol. The van der Waals surface area contributed by atoms with E-state index in [1.165, 1.54) is 18.4 Å². The highest BCUT2D eigenvalue weighted by Crippen LogP contribution is 2.40. The van der Waals surface area contributed by atoms with Crippen molar-refractivity contribution in [3.05, 3.63) is 18.0 Å². The molecule has 2 N–H and O–H groups in total. The average Bonchev–Trinajstić information content (AvgIpc) is 2.83. The third-order valence-electron chi connectivity index (χ3n) is 2.65. The molecule has 0 atom stereocenters. The van der Waals surface area contributed by atoms with Crippen molar-refractivity contribution in [2.24, 2.45) is 0 Å². The zero-order valence-corrected chi connectivity index (χ0v) is 9.29. The Kier molecular flexibility index (Phi) is 1.82. The summed E-state index contributed by atoms with van der Waals surface area (Å²) in [6.45, 7) is 2.06. The highest BCUT2D eigenvalue weighted by Gasteiger charge is 2.27. The molecule has 1 aliphatic rings. The van der Waals surface area contributed by atoms with Crippen molar-refractivity contribution in [2.75, 3.05) is 5.73 Å². The Labute approximate surface area is 91.7 Å². The van der Waals surface area contributed by atoms with Gasteiger partial charge >= 0.3 is 0 Å². The molecule has 0 spiro atoms. The summed E-state index contributed by atoms with van der Waals surface area (Å²) in [5, 5.41) is 9.02. The van der Waals surface area contributed by atoms with Gasteiger partial charge in [-0.3, -0.25) is 0 Å². The predicted octanol–water partition coefficient (Wildman–Crippen LogP) is 2.23. The molecule has 2 aromatic rings. The molecule has 0 radical (unpaired) electrons. The van der Waals surface area contributed by atoms with Gasteiger partial charge in [-0.05, 0) is 31.4 Å². The maximum Gasteiger partial charge on any atom is 0.174 e. The van der Waals surface area contributed by atoms with E-state index in [-0.39, 0.29) is 0 Å². The van der Waals surface area contributed by atoms with Crippen molar-refractivity contribution < 1.29 is 0 Å². The van der Waals surface area contributed by atoms with E-state index in [1.807, 2.05) is 12.4 Å². The van der Waals surface area contributed by atoms with Crippen LogP contribution < -0.4 is 5.73 Å². The number of nitrogens with two attached hydrogens (primary N) is 1. The largest absolute Gasteiger partial charge is 0.391 e. The highest BCUT2D eigenvalue weighted by atomic mass is 32.1. The zero-order valence-electron chi connectivity index (χ0n) is 8.47. The molecule has 4 nitrogen and oxygen atoms in total. The number of rotatable bonds is 2. The van der Waals surface area contributed by atoms with Crippen LogP contribution >= 0.6 is 11.3 Å². The van der Waals surface area contributed by atoms with E-state index in [4.69, 9.17) is 5.73 Å². The number of thiophene rings is 1. The molecule has 5 heteroatoms. The highest BCUT2D eigenvalue weighted by molar-refractivity contribution is 7.19. The lowest BCUT2D eigenvalue weighted by Crippen LogP contribution is -1.95. The lowest BCUT2D eigenvalue weighted by Gasteiger charge is -2.02. The molecule has 1 aliphatic carbocycles. The third kappa shape index (κ3) is 1.43. The van der Waals surface area contributed by atoms with Gasteiger partial charge in [0, 0.05) is 6.04 Å². The Bertz CT molecular complexity index is 495. The van der Waals surface area contributed by atoms with Gasteiger partial charge in [0.05, 0.1) is 9.88 Å². The van der Waals surface area contributed by atoms with Crippen LogP contribution in [0.25, 0.3) is 10.7 Å². The lowest BCUT2D eigenvalue weighted by molar-refractivity contribution is 0.747. The maximum absolute atomic E-state index is 5.79. The molecule has 0 unspecified atom stereocenters. The van der Waals surface area contributed by atoms with E-state index >= 15 is 0 Å². The van der Waals surface area contributed by atoms with E-state index in [2.05, 4.69) is 21.7 Å². The van der Waals surface area contributed by atoms with Gasteiger partial charge in [0.25, 0.3) is 0 Å². The first-order valence-corrected chi connectivity index (χ1v) is 5.83. The molecule has 15 heavy (non-hydrogen) atoms. The van der Waals surface area contributed by atoms with Gasteiger partial charge in [0.1, 0.15) is 6.33 Å². The first kappa shape index (κ1) is 8.91. The molecule has 0 amide bonds. The van der Waals surface area contributed by atoms with Crippen LogP contribution in [0.2, 0.25) is 0 Å². The van der Waals surface area contributed by atoms with Gasteiger partial charge < -0.3 is 10.3 Å². The first-order valence-electron chi connectivity index (χ1n) is 5.01. The number of hydrogen-bond acceptors (Lipinski definition) is 4. The topological polar surface area (TPSA) is 56.7 Å². The number of aryl methyl sites for hydroxylation is 1. The fourth-order valence-electron chi connectivity index (χ4n) is 1.75. The second-order valence-electron chi connectivity index (χ2n) is 3.95. The van der Waals surface area contributed by atoms with Crippen LogP contribution in [0.4, 0.5) is 5.00 Å². The maximum atomic E-state index is 5.79. The molecule has 0 saturated heterocycles. The van der Waals surface area contributed by atoms with Gasteiger partial charge in [-0.1, -0.05) is 0 Å². The summed E-state index contributed by atoms with van der Waals surface area (Å²) in [5.74, 6) is 0.969. The normalized spacial score (nSPS) is 15.8. The van der Waals surface area contributed by atoms with Gasteiger partial charge in [-0.2, -0.15) is 0 Å². The molecule has 78 valence electrons. The van der Waals surface area contributed by atoms with Crippen molar-refractivity contribution in [3.63, 3.8) is 0 Å². The minimum atomic E-state index is 0.609. The summed E-state index contributed by atoms with van der Waals surface area (Å²) in [6.07, 6.45) is 4.30. The fourth-order valence-corrected chi connectivity index (χ4v) is 2.68. The van der Waals surface area contributed by atoms with Gasteiger partial charge in [0.2, 0.25) is 0 Å². The summed E-state index contributed by atoms with van der Waals surface area (Å²) >= 11 is 1.59. The Morgan fingerprint density at radius 2 is 2.33 bits per heavy atom. The minimum absolute atomic E-state index is 0.609. The molecule has 0 aliphatic heterocycles. The monoisotopic (exact) mass is 220 g/mol. The van der Waals surface area contributed by atoms with E-state index in [0.717, 1.165) is 15.7 Å². The molecule has 0 bridgehead atoms. The van der Waals surface area contributed by atoms with Gasteiger partial charge in [-0.15, -0.1) is 21.5 Å². The Balaban J connectivity index is 2.11. The molecule has 2 aromatic heterocycles. The number of nitrogen functional groups attached to an aromatic ring is 1. The average molecular weight is 220 g/mol. The Morgan fingerprint density at radius 1 is 1.53 bits per heavy atom. The zero-order chi connectivity index (χ0) is 10.4. The summed E-state index contributed by atoms with van der Waals surface area (Å²) < 4.78 is 2.16. The standard InChI is InChI=1S/C10H12N4S/c1-6-4-8(11)15-9(6)10-13-12-5-14(10)7-2-3-7/h4-5,7H,2-3,11H2,1H3. The lowest BCUT2D eigenvalue weighted by atomic mass is 10.3. The van der Waals surface area contributed by atoms with Crippen LogP contribution in [0.1, 0.15) is 24.4 Å². The van der Waals surface area contributed by atoms with E-state index in [0.29, 0.717) is 6.04 Å². The second-order valence-corrected chi connectivity index (χ2v) is 5.04. The minimum Gasteiger partial charge on any atom is -0.391 e. The van der Waals surface area contributed by atoms with Crippen LogP contribution in [-0.2, 0) is 0 Å². The summed E-state index contributed by atoms with van der Waals surface area (Å²) in [5.41, 5.74) is 6.98. The van der Waals surface area contributed by atoms with Crippen molar-refractivity contribution >= 4 is 16.3 Å². The smallest absolute Gasteiger partial charge is 0.174 e. The summed E-state index contributed by atoms with van der Waals surface area (Å²) in [4.78, 5) is 1.15. The van der Waals surface area contributed by atoms with Gasteiger partial charge in [-0.25, -0.2) is 0 Å². The van der Waals surface area contributed by atoms with Crippen molar-refractivity contribution in [1.29, 1.82) is 0 Å². The first-order chi connectivity index (χ1) is 7.25. The van der Waals surface area contributed by atoms with Gasteiger partial charge in [0.15, 0.2) is 5.82 Å². The van der Waals surface area contributed by atoms with E-state index < -0.39 is 0 Å². The van der Waals surface area contributed by atoms with Crippen molar-refractivity contribution in [2.45, 2.75) is 25.8 Å². The van der Waals surface area contributed by atoms with Crippen LogP contribution in [-0.4, -0.2) is 14.8 Å². The molecule has 2 heterocycles. The van der Waals surface area contributed by atoms with Crippen LogP contribution in [0.5, 0.6) is 0 Å². The third-order valence-corrected chi connectivity index (χ3v) is 3.72. The SMILES string of the molecule is Cc1cc(N)sc1-c1nncn1C1CC1. The van der Waals surface area contributed by atoms with E-state index in [9.17, 15) is 0 Å². The molecular weight excluding hydrogens is 208 g/mol. The quantitative estimate of drug-likeness (QED) is 0.844. The number of hydrogen-bond donors (Lipinski definition) is 1. The Morgan fingerprint density at radius 3 is 2.93 bits per heavy atom. The molecule has 0 aromatic carbocycles. The van der Waals surface area contributed by atoms with E-state index in [1.54, 1.807) is 11.3 Å². The summed E-state index contributed by atoms with van der Waals surface area (Å²) in [6, 6.07) is 2.60. The number of anilines is 1.